The predicted octanol–water partition coefficient (Wildman–Crippen LogP) is 2.80. The number of aryl methyl sites for hydroxylation is 1. The molecule has 32 heavy (non-hydrogen) atoms. The first-order chi connectivity index (χ1) is 15.2. The smallest absolute Gasteiger partial charge is 0.322 e. The number of methoxy groups -OCH3 is 1. The minimum absolute atomic E-state index is 0.158. The molecule has 0 radical (unpaired) electrons. The second-order valence-corrected chi connectivity index (χ2v) is 9.49. The van der Waals surface area contributed by atoms with Gasteiger partial charge in [0.15, 0.2) is 5.75 Å². The lowest BCUT2D eigenvalue weighted by atomic mass is 9.88. The molecular formula is C23H25N3O5S. The molecule has 8 nitrogen and oxygen atoms in total. The Bertz CT molecular complexity index is 1150. The van der Waals surface area contributed by atoms with Crippen LogP contribution in [0.5, 0.6) is 0 Å². The van der Waals surface area contributed by atoms with E-state index in [2.05, 4.69) is 15.5 Å². The van der Waals surface area contributed by atoms with Gasteiger partial charge in [0.2, 0.25) is 10.0 Å². The maximum Gasteiger partial charge on any atom is 0.322 e. The first-order valence-electron chi connectivity index (χ1n) is 10.2. The minimum Gasteiger partial charge on any atom is -0.468 e. The number of carbonyl (C=O) groups excluding carboxylic acids is 2. The minimum atomic E-state index is -3.94. The Balaban J connectivity index is 1.68. The number of sulfonamides is 1. The first kappa shape index (κ1) is 23.3. The molecule has 0 aromatic heterocycles. The number of hydrogen-bond acceptors (Lipinski definition) is 6. The van der Waals surface area contributed by atoms with Gasteiger partial charge in [-0.15, -0.1) is 0 Å². The summed E-state index contributed by atoms with van der Waals surface area (Å²) < 4.78 is 31.0. The van der Waals surface area contributed by atoms with Gasteiger partial charge in [0.1, 0.15) is 0 Å². The topological polar surface area (TPSA) is 117 Å². The number of piperidine rings is 1. The van der Waals surface area contributed by atoms with Gasteiger partial charge >= 0.3 is 5.97 Å². The summed E-state index contributed by atoms with van der Waals surface area (Å²) in [5.41, 5.74) is 3.16. The van der Waals surface area contributed by atoms with Crippen molar-refractivity contribution >= 4 is 27.6 Å². The van der Waals surface area contributed by atoms with Crippen LogP contribution >= 0.6 is 0 Å². The Morgan fingerprint density at radius 1 is 1.16 bits per heavy atom. The van der Waals surface area contributed by atoms with Crippen molar-refractivity contribution in [3.05, 3.63) is 64.7 Å². The average molecular weight is 456 g/mol. The van der Waals surface area contributed by atoms with E-state index >= 15 is 0 Å². The van der Waals surface area contributed by atoms with Gasteiger partial charge in [-0.05, 0) is 61.1 Å². The van der Waals surface area contributed by atoms with Gasteiger partial charge in [-0.2, -0.15) is 5.26 Å². The van der Waals surface area contributed by atoms with E-state index in [1.807, 2.05) is 24.3 Å². The molecule has 2 aromatic rings. The fourth-order valence-corrected chi connectivity index (χ4v) is 4.75. The van der Waals surface area contributed by atoms with Crippen LogP contribution in [0.2, 0.25) is 0 Å². The molecule has 0 bridgehead atoms. The summed E-state index contributed by atoms with van der Waals surface area (Å²) in [6.07, 6.45) is 1.62. The highest BCUT2D eigenvalue weighted by molar-refractivity contribution is 7.93. The van der Waals surface area contributed by atoms with Crippen molar-refractivity contribution in [3.63, 3.8) is 0 Å². The third-order valence-corrected chi connectivity index (χ3v) is 6.73. The number of carbonyl (C=O) groups is 2. The van der Waals surface area contributed by atoms with Crippen molar-refractivity contribution in [1.29, 1.82) is 5.26 Å². The van der Waals surface area contributed by atoms with Crippen LogP contribution in [0.25, 0.3) is 0 Å². The SMILES string of the molecule is COC(=O)CS(=O)(=O)Nc1ccc(C)c(C(=O)N2CCC(c3ccc(C#N)cc3)CC2)c1. The molecule has 0 saturated carbocycles. The van der Waals surface area contributed by atoms with Gasteiger partial charge in [0.05, 0.1) is 18.7 Å². The molecule has 1 saturated heterocycles. The van der Waals surface area contributed by atoms with Gasteiger partial charge in [-0.3, -0.25) is 14.3 Å². The van der Waals surface area contributed by atoms with E-state index in [0.29, 0.717) is 30.1 Å². The van der Waals surface area contributed by atoms with E-state index < -0.39 is 21.7 Å². The highest BCUT2D eigenvalue weighted by Gasteiger charge is 2.26. The number of nitrogens with one attached hydrogen (secondary N) is 1. The van der Waals surface area contributed by atoms with E-state index in [4.69, 9.17) is 5.26 Å². The number of nitriles is 1. The van der Waals surface area contributed by atoms with Crippen molar-refractivity contribution in [1.82, 2.24) is 4.90 Å². The van der Waals surface area contributed by atoms with E-state index in [1.165, 1.54) is 6.07 Å². The number of amides is 1. The second-order valence-electron chi connectivity index (χ2n) is 7.77. The standard InChI is InChI=1S/C23H25N3O5S/c1-16-3-8-20(25-32(29,30)15-22(27)31-2)13-21(16)23(28)26-11-9-19(10-12-26)18-6-4-17(14-24)5-7-18/h3-8,13,19,25H,9-12,15H2,1-2H3. The normalized spacial score (nSPS) is 14.5. The van der Waals surface area contributed by atoms with Gasteiger partial charge in [0, 0.05) is 24.3 Å². The van der Waals surface area contributed by atoms with E-state index in [0.717, 1.165) is 31.1 Å². The Morgan fingerprint density at radius 2 is 1.81 bits per heavy atom. The molecule has 1 amide bonds. The molecule has 1 aliphatic heterocycles. The van der Waals surface area contributed by atoms with E-state index in [-0.39, 0.29) is 11.6 Å². The Morgan fingerprint density at radius 3 is 2.41 bits per heavy atom. The largest absolute Gasteiger partial charge is 0.468 e. The van der Waals surface area contributed by atoms with Gasteiger partial charge < -0.3 is 9.64 Å². The van der Waals surface area contributed by atoms with E-state index in [1.54, 1.807) is 24.0 Å². The maximum atomic E-state index is 13.1. The number of esters is 1. The third-order valence-electron chi connectivity index (χ3n) is 5.57. The van der Waals surface area contributed by atoms with Crippen LogP contribution in [0.4, 0.5) is 5.69 Å². The number of ether oxygens (including phenoxy) is 1. The summed E-state index contributed by atoms with van der Waals surface area (Å²) >= 11 is 0. The highest BCUT2D eigenvalue weighted by Crippen LogP contribution is 2.29. The number of likely N-dealkylation sites (tertiary alicyclic amines) is 1. The summed E-state index contributed by atoms with van der Waals surface area (Å²) in [6, 6.07) is 14.4. The van der Waals surface area contributed by atoms with Gasteiger partial charge in [-0.1, -0.05) is 18.2 Å². The van der Waals surface area contributed by atoms with Crippen LogP contribution in [-0.2, 0) is 19.6 Å². The second kappa shape index (κ2) is 9.83. The van der Waals surface area contributed by atoms with Crippen molar-refractivity contribution < 1.29 is 22.7 Å². The quantitative estimate of drug-likeness (QED) is 0.670. The molecule has 0 spiro atoms. The summed E-state index contributed by atoms with van der Waals surface area (Å²) in [7, 11) is -2.82. The molecule has 9 heteroatoms. The van der Waals surface area contributed by atoms with Crippen LogP contribution in [-0.4, -0.2) is 51.1 Å². The van der Waals surface area contributed by atoms with Crippen LogP contribution in [0, 0.1) is 18.3 Å². The fourth-order valence-electron chi connectivity index (χ4n) is 3.76. The number of hydrogen-bond donors (Lipinski definition) is 1. The number of benzene rings is 2. The predicted molar refractivity (Wildman–Crippen MR) is 120 cm³/mol. The molecule has 1 heterocycles. The molecule has 0 aliphatic carbocycles. The first-order valence-corrected chi connectivity index (χ1v) is 11.8. The summed E-state index contributed by atoms with van der Waals surface area (Å²) in [5.74, 6) is -1.51. The Hall–Kier alpha value is -3.38. The zero-order valence-electron chi connectivity index (χ0n) is 18.0. The summed E-state index contributed by atoms with van der Waals surface area (Å²) in [4.78, 5) is 26.2. The molecule has 1 N–H and O–H groups in total. The van der Waals surface area contributed by atoms with Gasteiger partial charge in [-0.25, -0.2) is 8.42 Å². The van der Waals surface area contributed by atoms with E-state index in [9.17, 15) is 18.0 Å². The molecule has 168 valence electrons. The van der Waals surface area contributed by atoms with Crippen LogP contribution in [0.15, 0.2) is 42.5 Å². The van der Waals surface area contributed by atoms with Crippen LogP contribution in [0.3, 0.4) is 0 Å². The van der Waals surface area contributed by atoms with Crippen LogP contribution in [0.1, 0.15) is 45.8 Å². The number of nitrogens with zero attached hydrogens (tertiary/aromatic N) is 2. The maximum absolute atomic E-state index is 13.1. The molecule has 2 aromatic carbocycles. The fraction of sp³-hybridized carbons (Fsp3) is 0.348. The zero-order chi connectivity index (χ0) is 23.3. The Kier molecular flexibility index (Phi) is 7.15. The van der Waals surface area contributed by atoms with Crippen LogP contribution < -0.4 is 4.72 Å². The lowest BCUT2D eigenvalue weighted by molar-refractivity contribution is -0.137. The molecule has 0 atom stereocenters. The lowest BCUT2D eigenvalue weighted by Crippen LogP contribution is -2.38. The lowest BCUT2D eigenvalue weighted by Gasteiger charge is -2.32. The van der Waals surface area contributed by atoms with Crippen molar-refractivity contribution in [2.45, 2.75) is 25.7 Å². The summed E-state index contributed by atoms with van der Waals surface area (Å²) in [6.45, 7) is 2.96. The van der Waals surface area contributed by atoms with Gasteiger partial charge in [0.25, 0.3) is 5.91 Å². The van der Waals surface area contributed by atoms with Crippen molar-refractivity contribution in [2.75, 3.05) is 30.7 Å². The summed E-state index contributed by atoms with van der Waals surface area (Å²) in [5, 5.41) is 8.94. The third kappa shape index (κ3) is 5.65. The highest BCUT2D eigenvalue weighted by atomic mass is 32.2. The molecule has 1 fully saturated rings. The molecular weight excluding hydrogens is 430 g/mol. The molecule has 1 aliphatic rings. The molecule has 3 rings (SSSR count). The van der Waals surface area contributed by atoms with Crippen molar-refractivity contribution in [2.24, 2.45) is 0 Å². The Labute approximate surface area is 187 Å². The van der Waals surface area contributed by atoms with Crippen molar-refractivity contribution in [3.8, 4) is 6.07 Å². The zero-order valence-corrected chi connectivity index (χ0v) is 18.8. The number of rotatable bonds is 6. The average Bonchev–Trinajstić information content (AvgIpc) is 2.79. The molecule has 0 unspecified atom stereocenters. The number of anilines is 1. The monoisotopic (exact) mass is 455 g/mol.